The summed E-state index contributed by atoms with van der Waals surface area (Å²) in [5, 5.41) is 0.659. The number of aromatic amines is 1. The first-order chi connectivity index (χ1) is 9.15. The highest BCUT2D eigenvalue weighted by Crippen LogP contribution is 2.23. The highest BCUT2D eigenvalue weighted by atomic mass is 32.2. The van der Waals surface area contributed by atoms with Gasteiger partial charge in [0.15, 0.2) is 5.16 Å². The van der Waals surface area contributed by atoms with Gasteiger partial charge in [-0.05, 0) is 19.3 Å². The van der Waals surface area contributed by atoms with Gasteiger partial charge in [-0.15, -0.1) is 0 Å². The third kappa shape index (κ3) is 2.25. The van der Waals surface area contributed by atoms with Crippen LogP contribution in [-0.4, -0.2) is 19.5 Å². The van der Waals surface area contributed by atoms with Crippen LogP contribution in [0.15, 0.2) is 16.3 Å². The van der Waals surface area contributed by atoms with Gasteiger partial charge < -0.3 is 15.3 Å². The minimum Gasteiger partial charge on any atom is -0.382 e. The molecule has 0 unspecified atom stereocenters. The van der Waals surface area contributed by atoms with E-state index >= 15 is 0 Å². The average Bonchev–Trinajstić information content (AvgIpc) is 2.96. The molecule has 3 rings (SSSR count). The number of aromatic nitrogens is 4. The number of imidazole rings is 1. The Morgan fingerprint density at radius 2 is 2.37 bits per heavy atom. The SMILES string of the molecule is Cn1cnc(N)c1CSc1nc2c(c(=O)[nH]1)CCC2. The van der Waals surface area contributed by atoms with Crippen molar-refractivity contribution in [1.29, 1.82) is 0 Å². The van der Waals surface area contributed by atoms with Crippen molar-refractivity contribution in [2.75, 3.05) is 5.73 Å². The topological polar surface area (TPSA) is 89.6 Å². The van der Waals surface area contributed by atoms with Crippen LogP contribution in [0.3, 0.4) is 0 Å². The van der Waals surface area contributed by atoms with E-state index in [0.717, 1.165) is 36.2 Å². The molecule has 6 nitrogen and oxygen atoms in total. The summed E-state index contributed by atoms with van der Waals surface area (Å²) in [7, 11) is 1.90. The molecule has 7 heteroatoms. The maximum atomic E-state index is 11.9. The number of hydrogen-bond donors (Lipinski definition) is 2. The van der Waals surface area contributed by atoms with Crippen LogP contribution in [0.2, 0.25) is 0 Å². The summed E-state index contributed by atoms with van der Waals surface area (Å²) in [5.41, 5.74) is 8.53. The number of fused-ring (bicyclic) bond motifs is 1. The number of nitrogen functional groups attached to an aromatic ring is 1. The Balaban J connectivity index is 1.81. The molecule has 0 saturated carbocycles. The fourth-order valence-electron chi connectivity index (χ4n) is 2.27. The molecule has 1 aliphatic carbocycles. The van der Waals surface area contributed by atoms with Crippen molar-refractivity contribution in [2.45, 2.75) is 30.2 Å². The number of nitrogens with two attached hydrogens (primary N) is 1. The van der Waals surface area contributed by atoms with Gasteiger partial charge in [-0.3, -0.25) is 4.79 Å². The number of H-pyrrole nitrogens is 1. The summed E-state index contributed by atoms with van der Waals surface area (Å²) in [6, 6.07) is 0. The summed E-state index contributed by atoms with van der Waals surface area (Å²) < 4.78 is 1.88. The van der Waals surface area contributed by atoms with E-state index in [2.05, 4.69) is 15.0 Å². The van der Waals surface area contributed by atoms with Crippen LogP contribution >= 0.6 is 11.8 Å². The van der Waals surface area contributed by atoms with E-state index in [-0.39, 0.29) is 5.56 Å². The normalized spacial score (nSPS) is 13.7. The maximum absolute atomic E-state index is 11.9. The quantitative estimate of drug-likeness (QED) is 0.641. The second-order valence-corrected chi connectivity index (χ2v) is 5.59. The van der Waals surface area contributed by atoms with Crippen molar-refractivity contribution in [3.05, 3.63) is 33.6 Å². The van der Waals surface area contributed by atoms with Crippen LogP contribution in [-0.2, 0) is 25.6 Å². The van der Waals surface area contributed by atoms with Crippen LogP contribution in [0.25, 0.3) is 0 Å². The van der Waals surface area contributed by atoms with Gasteiger partial charge in [0.2, 0.25) is 0 Å². The van der Waals surface area contributed by atoms with Gasteiger partial charge in [-0.25, -0.2) is 9.97 Å². The van der Waals surface area contributed by atoms with Crippen LogP contribution in [0.1, 0.15) is 23.4 Å². The first-order valence-electron chi connectivity index (χ1n) is 6.15. The number of aryl methyl sites for hydroxylation is 2. The lowest BCUT2D eigenvalue weighted by molar-refractivity contribution is 0.855. The molecule has 0 bridgehead atoms. The van der Waals surface area contributed by atoms with E-state index < -0.39 is 0 Å². The molecule has 2 aromatic heterocycles. The molecule has 19 heavy (non-hydrogen) atoms. The summed E-state index contributed by atoms with van der Waals surface area (Å²) in [4.78, 5) is 23.3. The van der Waals surface area contributed by atoms with Gasteiger partial charge >= 0.3 is 0 Å². The van der Waals surface area contributed by atoms with Crippen LogP contribution in [0, 0.1) is 0 Å². The molecule has 2 aromatic rings. The smallest absolute Gasteiger partial charge is 0.254 e. The van der Waals surface area contributed by atoms with E-state index in [4.69, 9.17) is 5.73 Å². The molecule has 3 N–H and O–H groups in total. The first-order valence-corrected chi connectivity index (χ1v) is 7.14. The van der Waals surface area contributed by atoms with E-state index in [1.165, 1.54) is 11.8 Å². The number of nitrogens with zero attached hydrogens (tertiary/aromatic N) is 3. The van der Waals surface area contributed by atoms with Gasteiger partial charge in [0.25, 0.3) is 5.56 Å². The Labute approximate surface area is 114 Å². The Morgan fingerprint density at radius 1 is 1.53 bits per heavy atom. The monoisotopic (exact) mass is 277 g/mol. The number of hydrogen-bond acceptors (Lipinski definition) is 5. The zero-order valence-electron chi connectivity index (χ0n) is 10.6. The minimum atomic E-state index is 0.00276. The van der Waals surface area contributed by atoms with Gasteiger partial charge in [0, 0.05) is 18.4 Å². The Morgan fingerprint density at radius 3 is 3.11 bits per heavy atom. The molecule has 0 radical (unpaired) electrons. The van der Waals surface area contributed by atoms with E-state index in [1.807, 2.05) is 11.6 Å². The summed E-state index contributed by atoms with van der Waals surface area (Å²) in [6.45, 7) is 0. The van der Waals surface area contributed by atoms with E-state index in [9.17, 15) is 4.79 Å². The standard InChI is InChI=1S/C12H15N5OS/c1-17-6-14-10(13)9(17)5-19-12-15-8-4-2-3-7(8)11(18)16-12/h6H,2-5,13H2,1H3,(H,15,16,18). The van der Waals surface area contributed by atoms with Crippen LogP contribution in [0.4, 0.5) is 5.82 Å². The summed E-state index contributed by atoms with van der Waals surface area (Å²) in [5.74, 6) is 1.17. The second kappa shape index (κ2) is 4.73. The maximum Gasteiger partial charge on any atom is 0.254 e. The molecular weight excluding hydrogens is 262 g/mol. The van der Waals surface area contributed by atoms with Gasteiger partial charge in [-0.1, -0.05) is 11.8 Å². The van der Waals surface area contributed by atoms with Crippen molar-refractivity contribution in [3.8, 4) is 0 Å². The Hall–Kier alpha value is -1.76. The number of nitrogens with one attached hydrogen (secondary N) is 1. The van der Waals surface area contributed by atoms with Gasteiger partial charge in [-0.2, -0.15) is 0 Å². The molecule has 0 fully saturated rings. The van der Waals surface area contributed by atoms with Crippen molar-refractivity contribution in [2.24, 2.45) is 7.05 Å². The molecule has 0 spiro atoms. The van der Waals surface area contributed by atoms with Crippen LogP contribution in [0.5, 0.6) is 0 Å². The zero-order chi connectivity index (χ0) is 13.4. The number of thioether (sulfide) groups is 1. The molecule has 0 aromatic carbocycles. The minimum absolute atomic E-state index is 0.00276. The molecule has 100 valence electrons. The third-order valence-electron chi connectivity index (χ3n) is 3.36. The van der Waals surface area contributed by atoms with Crippen molar-refractivity contribution in [3.63, 3.8) is 0 Å². The zero-order valence-corrected chi connectivity index (χ0v) is 11.5. The van der Waals surface area contributed by atoms with Crippen molar-refractivity contribution >= 4 is 17.6 Å². The number of rotatable bonds is 3. The van der Waals surface area contributed by atoms with Gasteiger partial charge in [0.05, 0.1) is 17.7 Å². The first kappa shape index (κ1) is 12.3. The van der Waals surface area contributed by atoms with Crippen molar-refractivity contribution in [1.82, 2.24) is 19.5 Å². The summed E-state index contributed by atoms with van der Waals surface area (Å²) >= 11 is 1.48. The lowest BCUT2D eigenvalue weighted by Gasteiger charge is -2.05. The molecule has 0 saturated heterocycles. The lowest BCUT2D eigenvalue weighted by atomic mass is 10.3. The Kier molecular flexibility index (Phi) is 3.06. The number of anilines is 1. The van der Waals surface area contributed by atoms with Crippen molar-refractivity contribution < 1.29 is 0 Å². The molecule has 0 atom stereocenters. The predicted molar refractivity (Wildman–Crippen MR) is 74.1 cm³/mol. The molecule has 0 amide bonds. The average molecular weight is 277 g/mol. The summed E-state index contributed by atoms with van der Waals surface area (Å²) in [6.07, 6.45) is 4.45. The third-order valence-corrected chi connectivity index (χ3v) is 4.24. The predicted octanol–water partition coefficient (Wildman–Crippen LogP) is 0.867. The van der Waals surface area contributed by atoms with Gasteiger partial charge in [0.1, 0.15) is 5.82 Å². The van der Waals surface area contributed by atoms with E-state index in [0.29, 0.717) is 16.7 Å². The fourth-order valence-corrected chi connectivity index (χ4v) is 3.24. The molecule has 2 heterocycles. The molecule has 0 aliphatic heterocycles. The molecule has 1 aliphatic rings. The van der Waals surface area contributed by atoms with E-state index in [1.54, 1.807) is 6.33 Å². The highest BCUT2D eigenvalue weighted by Gasteiger charge is 2.17. The largest absolute Gasteiger partial charge is 0.382 e. The highest BCUT2D eigenvalue weighted by molar-refractivity contribution is 7.98. The van der Waals surface area contributed by atoms with Crippen LogP contribution < -0.4 is 11.3 Å². The fraction of sp³-hybridized carbons (Fsp3) is 0.417. The lowest BCUT2D eigenvalue weighted by Crippen LogP contribution is -2.15. The second-order valence-electron chi connectivity index (χ2n) is 4.63. The molecular formula is C12H15N5OS. The Bertz CT molecular complexity index is 656.